The van der Waals surface area contributed by atoms with Gasteiger partial charge in [-0.3, -0.25) is 14.2 Å². The molecule has 0 atom stereocenters. The molecule has 0 radical (unpaired) electrons. The number of carbonyl (C=O) groups excluding carboxylic acids is 1. The maximum atomic E-state index is 12.6. The van der Waals surface area contributed by atoms with Gasteiger partial charge in [-0.15, -0.1) is 0 Å². The maximum absolute atomic E-state index is 12.6. The molecule has 0 fully saturated rings. The lowest BCUT2D eigenvalue weighted by Gasteiger charge is -2.11. The van der Waals surface area contributed by atoms with Gasteiger partial charge in [0.1, 0.15) is 6.54 Å². The molecule has 4 aromatic rings. The lowest BCUT2D eigenvalue weighted by Crippen LogP contribution is -2.32. The van der Waals surface area contributed by atoms with Crippen LogP contribution in [0, 0.1) is 0 Å². The van der Waals surface area contributed by atoms with Crippen LogP contribution < -0.4 is 10.9 Å². The van der Waals surface area contributed by atoms with E-state index in [2.05, 4.69) is 36.3 Å². The van der Waals surface area contributed by atoms with Gasteiger partial charge < -0.3 is 5.32 Å². The molecular weight excluding hydrogens is 424 g/mol. The molecule has 140 valence electrons. The van der Waals surface area contributed by atoms with Gasteiger partial charge in [-0.05, 0) is 30.3 Å². The summed E-state index contributed by atoms with van der Waals surface area (Å²) in [5.74, 6) is 0.343. The van der Waals surface area contributed by atoms with Crippen molar-refractivity contribution in [3.05, 3.63) is 81.7 Å². The highest BCUT2D eigenvalue weighted by molar-refractivity contribution is 9.10. The van der Waals surface area contributed by atoms with Crippen LogP contribution in [0.2, 0.25) is 0 Å². The Morgan fingerprint density at radius 1 is 1.14 bits per heavy atom. The fourth-order valence-electron chi connectivity index (χ4n) is 2.82. The van der Waals surface area contributed by atoms with Gasteiger partial charge in [0.25, 0.3) is 5.56 Å². The number of fused-ring (bicyclic) bond motifs is 1. The Balaban J connectivity index is 1.50. The van der Waals surface area contributed by atoms with Crippen molar-refractivity contribution in [1.82, 2.24) is 29.6 Å². The molecular formula is C19H15BrN6O2. The zero-order valence-corrected chi connectivity index (χ0v) is 16.2. The fourth-order valence-corrected chi connectivity index (χ4v) is 3.18. The third-order valence-electron chi connectivity index (χ3n) is 4.16. The van der Waals surface area contributed by atoms with E-state index in [0.29, 0.717) is 16.7 Å². The number of hydrogen-bond acceptors (Lipinski definition) is 5. The number of hydrogen-bond donors (Lipinski definition) is 1. The quantitative estimate of drug-likeness (QED) is 0.514. The van der Waals surface area contributed by atoms with Crippen LogP contribution in [0.3, 0.4) is 0 Å². The van der Waals surface area contributed by atoms with E-state index in [1.54, 1.807) is 47.5 Å². The molecule has 8 nitrogen and oxygen atoms in total. The van der Waals surface area contributed by atoms with Gasteiger partial charge in [-0.25, -0.2) is 14.6 Å². The zero-order chi connectivity index (χ0) is 19.5. The number of rotatable bonds is 5. The van der Waals surface area contributed by atoms with Crippen LogP contribution in [-0.2, 0) is 17.9 Å². The van der Waals surface area contributed by atoms with E-state index >= 15 is 0 Å². The minimum Gasteiger partial charge on any atom is -0.350 e. The van der Waals surface area contributed by atoms with Crippen molar-refractivity contribution in [2.45, 2.75) is 13.1 Å². The molecule has 0 aliphatic heterocycles. The molecule has 0 aliphatic carbocycles. The standard InChI is InChI=1S/C19H15BrN6O2/c20-14-4-5-16-15(9-14)19(28)25(12-23-16)11-17(27)22-10-13-3-1-6-21-18(13)26-8-2-7-24-26/h1-9,12H,10-11H2,(H,22,27). The second-order valence-corrected chi connectivity index (χ2v) is 6.97. The first-order valence-corrected chi connectivity index (χ1v) is 9.26. The highest BCUT2D eigenvalue weighted by atomic mass is 79.9. The maximum Gasteiger partial charge on any atom is 0.261 e. The number of halogens is 1. The summed E-state index contributed by atoms with van der Waals surface area (Å²) in [6, 6.07) is 10.7. The van der Waals surface area contributed by atoms with E-state index in [1.807, 2.05) is 12.1 Å². The summed E-state index contributed by atoms with van der Waals surface area (Å²) in [6.45, 7) is 0.148. The molecule has 0 spiro atoms. The lowest BCUT2D eigenvalue weighted by atomic mass is 10.2. The number of nitrogens with zero attached hydrogens (tertiary/aromatic N) is 5. The fraction of sp³-hybridized carbons (Fsp3) is 0.105. The molecule has 0 unspecified atom stereocenters. The van der Waals surface area contributed by atoms with E-state index < -0.39 is 0 Å². The van der Waals surface area contributed by atoms with Gasteiger partial charge in [0.2, 0.25) is 5.91 Å². The molecule has 1 amide bonds. The Morgan fingerprint density at radius 2 is 2.04 bits per heavy atom. The normalized spacial score (nSPS) is 10.9. The first-order valence-electron chi connectivity index (χ1n) is 8.47. The highest BCUT2D eigenvalue weighted by Crippen LogP contribution is 2.15. The van der Waals surface area contributed by atoms with Crippen LogP contribution in [0.1, 0.15) is 5.56 Å². The molecule has 0 saturated heterocycles. The van der Waals surface area contributed by atoms with Crippen molar-refractivity contribution >= 4 is 32.7 Å². The van der Waals surface area contributed by atoms with Crippen LogP contribution in [0.4, 0.5) is 0 Å². The summed E-state index contributed by atoms with van der Waals surface area (Å²) in [4.78, 5) is 33.6. The second kappa shape index (κ2) is 7.73. The molecule has 0 saturated carbocycles. The largest absolute Gasteiger partial charge is 0.350 e. The molecule has 3 heterocycles. The Morgan fingerprint density at radius 3 is 2.86 bits per heavy atom. The minimum absolute atomic E-state index is 0.119. The molecule has 3 aromatic heterocycles. The third-order valence-corrected chi connectivity index (χ3v) is 4.66. The van der Waals surface area contributed by atoms with Crippen LogP contribution in [0.5, 0.6) is 0 Å². The molecule has 9 heteroatoms. The molecule has 0 aliphatic rings. The van der Waals surface area contributed by atoms with Crippen molar-refractivity contribution < 1.29 is 4.79 Å². The molecule has 28 heavy (non-hydrogen) atoms. The smallest absolute Gasteiger partial charge is 0.261 e. The van der Waals surface area contributed by atoms with Gasteiger partial charge in [0, 0.05) is 35.2 Å². The van der Waals surface area contributed by atoms with Gasteiger partial charge in [0.05, 0.1) is 17.2 Å². The monoisotopic (exact) mass is 438 g/mol. The molecule has 0 bridgehead atoms. The van der Waals surface area contributed by atoms with Gasteiger partial charge >= 0.3 is 0 Å². The van der Waals surface area contributed by atoms with Crippen molar-refractivity contribution in [3.63, 3.8) is 0 Å². The summed E-state index contributed by atoms with van der Waals surface area (Å²) >= 11 is 3.35. The Kier molecular flexibility index (Phi) is 4.98. The molecule has 1 N–H and O–H groups in total. The Labute approximate surface area is 168 Å². The van der Waals surface area contributed by atoms with E-state index in [-0.39, 0.29) is 24.6 Å². The highest BCUT2D eigenvalue weighted by Gasteiger charge is 2.11. The van der Waals surface area contributed by atoms with Crippen LogP contribution >= 0.6 is 15.9 Å². The van der Waals surface area contributed by atoms with E-state index in [0.717, 1.165) is 10.0 Å². The Hall–Kier alpha value is -3.33. The Bertz CT molecular complexity index is 1200. The summed E-state index contributed by atoms with van der Waals surface area (Å²) in [6.07, 6.45) is 6.50. The van der Waals surface area contributed by atoms with E-state index in [4.69, 9.17) is 0 Å². The first kappa shape index (κ1) is 18.1. The summed E-state index contributed by atoms with van der Waals surface area (Å²) in [5.41, 5.74) is 1.14. The van der Waals surface area contributed by atoms with E-state index in [1.165, 1.54) is 10.9 Å². The second-order valence-electron chi connectivity index (χ2n) is 6.05. The average molecular weight is 439 g/mol. The van der Waals surface area contributed by atoms with Crippen molar-refractivity contribution in [2.75, 3.05) is 0 Å². The van der Waals surface area contributed by atoms with Crippen LogP contribution in [-0.4, -0.2) is 30.2 Å². The molecule has 1 aromatic carbocycles. The number of pyridine rings is 1. The number of carbonyl (C=O) groups is 1. The van der Waals surface area contributed by atoms with Gasteiger partial charge in [-0.2, -0.15) is 5.10 Å². The van der Waals surface area contributed by atoms with Crippen LogP contribution in [0.25, 0.3) is 16.7 Å². The summed E-state index contributed by atoms with van der Waals surface area (Å²) in [5, 5.41) is 7.45. The van der Waals surface area contributed by atoms with Crippen LogP contribution in [0.15, 0.2) is 70.6 Å². The SMILES string of the molecule is O=C(Cn1cnc2ccc(Br)cc2c1=O)NCc1cccnc1-n1cccn1. The predicted molar refractivity (Wildman–Crippen MR) is 107 cm³/mol. The van der Waals surface area contributed by atoms with Crippen molar-refractivity contribution in [2.24, 2.45) is 0 Å². The summed E-state index contributed by atoms with van der Waals surface area (Å²) < 4.78 is 3.71. The zero-order valence-electron chi connectivity index (χ0n) is 14.6. The van der Waals surface area contributed by atoms with Crippen molar-refractivity contribution in [1.29, 1.82) is 0 Å². The number of amides is 1. The topological polar surface area (TPSA) is 94.7 Å². The predicted octanol–water partition coefficient (Wildman–Crippen LogP) is 2.06. The first-order chi connectivity index (χ1) is 13.6. The number of nitrogens with one attached hydrogen (secondary N) is 1. The molecule has 4 rings (SSSR count). The van der Waals surface area contributed by atoms with Crippen molar-refractivity contribution in [3.8, 4) is 5.82 Å². The van der Waals surface area contributed by atoms with Gasteiger partial charge in [-0.1, -0.05) is 22.0 Å². The lowest BCUT2D eigenvalue weighted by molar-refractivity contribution is -0.121. The average Bonchev–Trinajstić information content (AvgIpc) is 3.24. The minimum atomic E-state index is -0.298. The number of aromatic nitrogens is 5. The van der Waals surface area contributed by atoms with E-state index in [9.17, 15) is 9.59 Å². The summed E-state index contributed by atoms with van der Waals surface area (Å²) in [7, 11) is 0. The third kappa shape index (κ3) is 3.70. The number of benzene rings is 1. The van der Waals surface area contributed by atoms with Gasteiger partial charge in [0.15, 0.2) is 5.82 Å².